The van der Waals surface area contributed by atoms with Gasteiger partial charge in [-0.25, -0.2) is 0 Å². The fraction of sp³-hybridized carbons (Fsp3) is 0.733. The third kappa shape index (κ3) is 7.47. The van der Waals surface area contributed by atoms with Crippen LogP contribution in [0.1, 0.15) is 91.4 Å². The molecule has 6 nitrogen and oxygen atoms in total. The first-order chi connectivity index (χ1) is 17.5. The van der Waals surface area contributed by atoms with Gasteiger partial charge in [-0.3, -0.25) is 9.59 Å². The summed E-state index contributed by atoms with van der Waals surface area (Å²) in [5, 5.41) is 3.20. The first-order valence-corrected chi connectivity index (χ1v) is 14.6. The summed E-state index contributed by atoms with van der Waals surface area (Å²) < 4.78 is 5.81. The van der Waals surface area contributed by atoms with Crippen molar-refractivity contribution in [1.29, 1.82) is 0 Å². The van der Waals surface area contributed by atoms with Gasteiger partial charge >= 0.3 is 0 Å². The largest absolute Gasteiger partial charge is 0.494 e. The summed E-state index contributed by atoms with van der Waals surface area (Å²) in [6.07, 6.45) is 10.8. The monoisotopic (exact) mass is 499 g/mol. The maximum absolute atomic E-state index is 13.7. The number of nitrogens with one attached hydrogen (secondary N) is 1. The van der Waals surface area contributed by atoms with E-state index in [1.54, 1.807) is 0 Å². The van der Waals surface area contributed by atoms with E-state index in [2.05, 4.69) is 31.0 Å². The number of unbranched alkanes of at least 4 members (excludes halogenated alkanes) is 3. The maximum atomic E-state index is 13.7. The number of nitrogens with zero attached hydrogens (tertiary/aromatic N) is 2. The van der Waals surface area contributed by atoms with E-state index in [1.165, 1.54) is 12.8 Å². The molecule has 1 aromatic rings. The van der Waals surface area contributed by atoms with Gasteiger partial charge in [-0.1, -0.05) is 71.1 Å². The molecule has 2 saturated heterocycles. The molecule has 36 heavy (non-hydrogen) atoms. The number of benzene rings is 1. The Morgan fingerprint density at radius 3 is 2.36 bits per heavy atom. The highest BCUT2D eigenvalue weighted by Crippen LogP contribution is 2.35. The van der Waals surface area contributed by atoms with Gasteiger partial charge in [0, 0.05) is 19.6 Å². The Morgan fingerprint density at radius 1 is 0.972 bits per heavy atom. The Kier molecular flexibility index (Phi) is 11.6. The summed E-state index contributed by atoms with van der Waals surface area (Å²) in [7, 11) is 0. The average Bonchev–Trinajstić information content (AvgIpc) is 2.90. The van der Waals surface area contributed by atoms with E-state index in [-0.39, 0.29) is 17.9 Å². The summed E-state index contributed by atoms with van der Waals surface area (Å²) in [5.41, 5.74) is -0.666. The lowest BCUT2D eigenvalue weighted by atomic mass is 9.80. The van der Waals surface area contributed by atoms with Crippen molar-refractivity contribution in [3.05, 3.63) is 30.3 Å². The molecule has 1 N–H and O–H groups in total. The van der Waals surface area contributed by atoms with Crippen molar-refractivity contribution >= 4 is 11.8 Å². The number of likely N-dealkylation sites (tertiary alicyclic amines) is 1. The second-order valence-corrected chi connectivity index (χ2v) is 10.8. The Labute approximate surface area is 219 Å². The second kappa shape index (κ2) is 14.6. The first kappa shape index (κ1) is 28.5. The van der Waals surface area contributed by atoms with E-state index in [0.717, 1.165) is 89.8 Å². The highest BCUT2D eigenvalue weighted by molar-refractivity contribution is 6.00. The number of ether oxygens (including phenoxy) is 1. The van der Waals surface area contributed by atoms with Gasteiger partial charge in [0.1, 0.15) is 17.3 Å². The number of carbonyl (C=O) groups is 2. The van der Waals surface area contributed by atoms with Gasteiger partial charge in [0.05, 0.1) is 6.61 Å². The van der Waals surface area contributed by atoms with Gasteiger partial charge in [-0.2, -0.15) is 0 Å². The zero-order valence-corrected chi connectivity index (χ0v) is 23.0. The minimum Gasteiger partial charge on any atom is -0.494 e. The number of piperazine rings is 1. The number of carbonyl (C=O) groups excluding carboxylic acids is 2. The molecule has 0 aromatic heterocycles. The molecule has 0 bridgehead atoms. The molecule has 1 aromatic carbocycles. The highest BCUT2D eigenvalue weighted by Gasteiger charge is 2.53. The molecule has 2 unspecified atom stereocenters. The van der Waals surface area contributed by atoms with E-state index >= 15 is 0 Å². The highest BCUT2D eigenvalue weighted by atomic mass is 16.5. The zero-order chi connectivity index (χ0) is 25.8. The van der Waals surface area contributed by atoms with Crippen LogP contribution in [0, 0.1) is 5.92 Å². The molecule has 2 fully saturated rings. The van der Waals surface area contributed by atoms with Crippen LogP contribution >= 0.6 is 0 Å². The van der Waals surface area contributed by atoms with Gasteiger partial charge in [0.2, 0.25) is 11.8 Å². The fourth-order valence-electron chi connectivity index (χ4n) is 5.78. The molecule has 0 aliphatic carbocycles. The minimum atomic E-state index is -0.666. The third-order valence-corrected chi connectivity index (χ3v) is 8.22. The van der Waals surface area contributed by atoms with Crippen molar-refractivity contribution in [2.45, 2.75) is 103 Å². The van der Waals surface area contributed by atoms with E-state index in [0.29, 0.717) is 12.5 Å². The maximum Gasteiger partial charge on any atom is 0.246 e. The molecule has 1 spiro atoms. The van der Waals surface area contributed by atoms with Crippen LogP contribution in [0.15, 0.2) is 30.3 Å². The van der Waals surface area contributed by atoms with E-state index < -0.39 is 5.54 Å². The molecule has 2 amide bonds. The van der Waals surface area contributed by atoms with Gasteiger partial charge in [0.15, 0.2) is 0 Å². The molecule has 6 heteroatoms. The minimum absolute atomic E-state index is 0.0875. The summed E-state index contributed by atoms with van der Waals surface area (Å²) in [4.78, 5) is 31.7. The first-order valence-electron chi connectivity index (χ1n) is 14.6. The molecule has 2 aliphatic heterocycles. The normalized spacial score (nSPS) is 21.0. The second-order valence-electron chi connectivity index (χ2n) is 10.8. The fourth-order valence-corrected chi connectivity index (χ4v) is 5.78. The molecule has 202 valence electrons. The van der Waals surface area contributed by atoms with Crippen LogP contribution in [0.2, 0.25) is 0 Å². The van der Waals surface area contributed by atoms with Crippen molar-refractivity contribution in [1.82, 2.24) is 15.1 Å². The van der Waals surface area contributed by atoms with Gasteiger partial charge < -0.3 is 19.9 Å². The van der Waals surface area contributed by atoms with Crippen molar-refractivity contribution < 1.29 is 14.3 Å². The van der Waals surface area contributed by atoms with Crippen molar-refractivity contribution in [2.24, 2.45) is 5.92 Å². The smallest absolute Gasteiger partial charge is 0.246 e. The molecule has 0 saturated carbocycles. The lowest BCUT2D eigenvalue weighted by Gasteiger charge is -2.52. The molecule has 2 atom stereocenters. The number of rotatable bonds is 15. The molecule has 3 rings (SSSR count). The SMILES string of the molecule is CCCCC(CC)CC1NC(=O)C2(CCN(CCCCOc3ccccc3)CC2)N(CCCC)C1=O. The van der Waals surface area contributed by atoms with Crippen LogP contribution in [0.3, 0.4) is 0 Å². The standard InChI is InChI=1S/C30H49N3O3/c1-4-7-14-25(6-3)24-27-28(34)33(20-8-5-2)30(29(35)31-27)17-21-32(22-18-30)19-12-13-23-36-26-15-10-9-11-16-26/h9-11,15-16,25,27H,4-8,12-14,17-24H2,1-3H3,(H,31,35). The predicted octanol–water partition coefficient (Wildman–Crippen LogP) is 5.41. The van der Waals surface area contributed by atoms with Crippen LogP contribution in [0.25, 0.3) is 0 Å². The molecule has 2 heterocycles. The lowest BCUT2D eigenvalue weighted by Crippen LogP contribution is -2.73. The number of amides is 2. The Morgan fingerprint density at radius 2 is 1.69 bits per heavy atom. The molecular weight excluding hydrogens is 450 g/mol. The van der Waals surface area contributed by atoms with Crippen LogP contribution in [-0.2, 0) is 9.59 Å². The zero-order valence-electron chi connectivity index (χ0n) is 23.0. The topological polar surface area (TPSA) is 61.9 Å². The van der Waals surface area contributed by atoms with E-state index in [4.69, 9.17) is 4.74 Å². The Balaban J connectivity index is 1.53. The molecule has 0 radical (unpaired) electrons. The quantitative estimate of drug-likeness (QED) is 0.328. The van der Waals surface area contributed by atoms with Crippen LogP contribution in [0.5, 0.6) is 5.75 Å². The van der Waals surface area contributed by atoms with Crippen molar-refractivity contribution in [3.63, 3.8) is 0 Å². The Hall–Kier alpha value is -2.08. The van der Waals surface area contributed by atoms with Crippen LogP contribution in [-0.4, -0.2) is 66.0 Å². The van der Waals surface area contributed by atoms with Gasteiger partial charge in [-0.15, -0.1) is 0 Å². The van der Waals surface area contributed by atoms with Crippen LogP contribution in [0.4, 0.5) is 0 Å². The van der Waals surface area contributed by atoms with Gasteiger partial charge in [0.25, 0.3) is 0 Å². The van der Waals surface area contributed by atoms with Gasteiger partial charge in [-0.05, 0) is 63.1 Å². The predicted molar refractivity (Wildman–Crippen MR) is 146 cm³/mol. The molecular formula is C30H49N3O3. The number of hydrogen-bond acceptors (Lipinski definition) is 4. The van der Waals surface area contributed by atoms with E-state index in [9.17, 15) is 9.59 Å². The third-order valence-electron chi connectivity index (χ3n) is 8.22. The lowest BCUT2D eigenvalue weighted by molar-refractivity contribution is -0.161. The van der Waals surface area contributed by atoms with E-state index in [1.807, 2.05) is 35.2 Å². The summed E-state index contributed by atoms with van der Waals surface area (Å²) >= 11 is 0. The summed E-state index contributed by atoms with van der Waals surface area (Å²) in [6.45, 7) is 10.7. The summed E-state index contributed by atoms with van der Waals surface area (Å²) in [5.74, 6) is 1.66. The molecule has 2 aliphatic rings. The summed E-state index contributed by atoms with van der Waals surface area (Å²) in [6, 6.07) is 9.60. The Bertz CT molecular complexity index is 792. The van der Waals surface area contributed by atoms with Crippen molar-refractivity contribution in [3.8, 4) is 5.75 Å². The number of para-hydroxylation sites is 1. The average molecular weight is 500 g/mol. The van der Waals surface area contributed by atoms with Crippen LogP contribution < -0.4 is 10.1 Å². The number of piperidine rings is 1. The van der Waals surface area contributed by atoms with Crippen molar-refractivity contribution in [2.75, 3.05) is 32.8 Å². The number of hydrogen-bond donors (Lipinski definition) is 1.